The lowest BCUT2D eigenvalue weighted by atomic mass is 9.98. The lowest BCUT2D eigenvalue weighted by Crippen LogP contribution is -2.41. The molecule has 1 aromatic rings. The second-order valence-electron chi connectivity index (χ2n) is 5.15. The standard InChI is InChI=1S/C13H21ClN4/c1-10(2)18(8-11-4-3-5-15-6-11)13-12(14)7-16-9-17-13/h7,9-11,15H,3-6,8H2,1-2H3. The van der Waals surface area contributed by atoms with Crippen molar-refractivity contribution in [1.82, 2.24) is 15.3 Å². The average molecular weight is 269 g/mol. The van der Waals surface area contributed by atoms with Crippen molar-refractivity contribution in [2.24, 2.45) is 5.92 Å². The van der Waals surface area contributed by atoms with Gasteiger partial charge in [-0.3, -0.25) is 0 Å². The molecule has 100 valence electrons. The van der Waals surface area contributed by atoms with Gasteiger partial charge >= 0.3 is 0 Å². The van der Waals surface area contributed by atoms with Crippen molar-refractivity contribution in [3.63, 3.8) is 0 Å². The van der Waals surface area contributed by atoms with Crippen molar-refractivity contribution in [3.8, 4) is 0 Å². The lowest BCUT2D eigenvalue weighted by Gasteiger charge is -2.34. The third-order valence-electron chi connectivity index (χ3n) is 3.40. The second-order valence-corrected chi connectivity index (χ2v) is 5.56. The molecule has 1 aliphatic heterocycles. The van der Waals surface area contributed by atoms with Crippen LogP contribution in [0.2, 0.25) is 5.02 Å². The van der Waals surface area contributed by atoms with E-state index in [1.807, 2.05) is 0 Å². The molecule has 0 aliphatic carbocycles. The van der Waals surface area contributed by atoms with Gasteiger partial charge in [-0.15, -0.1) is 0 Å². The number of halogens is 1. The Kier molecular flexibility index (Phi) is 4.78. The first-order valence-corrected chi connectivity index (χ1v) is 6.99. The number of nitrogens with one attached hydrogen (secondary N) is 1. The summed E-state index contributed by atoms with van der Waals surface area (Å²) in [5.41, 5.74) is 0. The zero-order valence-electron chi connectivity index (χ0n) is 11.1. The van der Waals surface area contributed by atoms with Crippen LogP contribution < -0.4 is 10.2 Å². The van der Waals surface area contributed by atoms with Gasteiger partial charge in [0.2, 0.25) is 0 Å². The number of anilines is 1. The molecule has 1 aliphatic rings. The number of piperidine rings is 1. The minimum Gasteiger partial charge on any atom is -0.353 e. The van der Waals surface area contributed by atoms with Crippen LogP contribution in [0, 0.1) is 5.92 Å². The third kappa shape index (κ3) is 3.33. The summed E-state index contributed by atoms with van der Waals surface area (Å²) in [5, 5.41) is 4.09. The fourth-order valence-electron chi connectivity index (χ4n) is 2.42. The van der Waals surface area contributed by atoms with E-state index in [2.05, 4.69) is 34.0 Å². The zero-order chi connectivity index (χ0) is 13.0. The molecule has 1 fully saturated rings. The van der Waals surface area contributed by atoms with Crippen LogP contribution in [0.4, 0.5) is 5.82 Å². The topological polar surface area (TPSA) is 41.0 Å². The van der Waals surface area contributed by atoms with Crippen LogP contribution in [0.25, 0.3) is 0 Å². The summed E-state index contributed by atoms with van der Waals surface area (Å²) in [5.74, 6) is 1.53. The van der Waals surface area contributed by atoms with E-state index in [0.29, 0.717) is 17.0 Å². The molecule has 0 bridgehead atoms. The molecule has 5 heteroatoms. The Morgan fingerprint density at radius 3 is 3.00 bits per heavy atom. The molecule has 1 atom stereocenters. The molecule has 1 N–H and O–H groups in total. The van der Waals surface area contributed by atoms with Gasteiger partial charge in [0.15, 0.2) is 5.82 Å². The quantitative estimate of drug-likeness (QED) is 0.910. The highest BCUT2D eigenvalue weighted by atomic mass is 35.5. The van der Waals surface area contributed by atoms with Crippen LogP contribution in [-0.2, 0) is 0 Å². The maximum atomic E-state index is 6.20. The SMILES string of the molecule is CC(C)N(CC1CCCNC1)c1ncncc1Cl. The van der Waals surface area contributed by atoms with E-state index >= 15 is 0 Å². The number of rotatable bonds is 4. The van der Waals surface area contributed by atoms with Gasteiger partial charge in [0.05, 0.1) is 6.20 Å². The third-order valence-corrected chi connectivity index (χ3v) is 3.66. The summed E-state index contributed by atoms with van der Waals surface area (Å²) >= 11 is 6.20. The average Bonchev–Trinajstić information content (AvgIpc) is 2.38. The maximum Gasteiger partial charge on any atom is 0.151 e. The van der Waals surface area contributed by atoms with Crippen molar-refractivity contribution in [3.05, 3.63) is 17.5 Å². The predicted molar refractivity (Wildman–Crippen MR) is 75.1 cm³/mol. The molecule has 4 nitrogen and oxygen atoms in total. The molecule has 1 aromatic heterocycles. The Labute approximate surface area is 114 Å². The second kappa shape index (κ2) is 6.34. The Morgan fingerprint density at radius 1 is 1.56 bits per heavy atom. The van der Waals surface area contributed by atoms with Gasteiger partial charge in [0, 0.05) is 12.6 Å². The molecule has 2 rings (SSSR count). The highest BCUT2D eigenvalue weighted by Crippen LogP contribution is 2.25. The van der Waals surface area contributed by atoms with Crippen LogP contribution in [0.5, 0.6) is 0 Å². The lowest BCUT2D eigenvalue weighted by molar-refractivity contribution is 0.370. The highest BCUT2D eigenvalue weighted by molar-refractivity contribution is 6.32. The van der Waals surface area contributed by atoms with E-state index in [1.54, 1.807) is 12.5 Å². The number of hydrogen-bond acceptors (Lipinski definition) is 4. The van der Waals surface area contributed by atoms with E-state index in [0.717, 1.165) is 25.5 Å². The Hall–Kier alpha value is -0.870. The van der Waals surface area contributed by atoms with Gasteiger partial charge in [0.1, 0.15) is 11.3 Å². The van der Waals surface area contributed by atoms with Gasteiger partial charge in [-0.25, -0.2) is 9.97 Å². The maximum absolute atomic E-state index is 6.20. The normalized spacial score (nSPS) is 20.1. The molecule has 18 heavy (non-hydrogen) atoms. The van der Waals surface area contributed by atoms with E-state index in [4.69, 9.17) is 11.6 Å². The minimum atomic E-state index is 0.388. The van der Waals surface area contributed by atoms with Gasteiger partial charge in [-0.2, -0.15) is 0 Å². The van der Waals surface area contributed by atoms with Gasteiger partial charge in [0.25, 0.3) is 0 Å². The van der Waals surface area contributed by atoms with Gasteiger partial charge in [-0.05, 0) is 45.7 Å². The molecular formula is C13H21ClN4. The summed E-state index contributed by atoms with van der Waals surface area (Å²) in [4.78, 5) is 10.6. The number of hydrogen-bond donors (Lipinski definition) is 1. The molecule has 0 saturated carbocycles. The molecule has 0 radical (unpaired) electrons. The Morgan fingerprint density at radius 2 is 2.39 bits per heavy atom. The molecule has 0 spiro atoms. The van der Waals surface area contributed by atoms with Crippen LogP contribution in [-0.4, -0.2) is 35.6 Å². The largest absolute Gasteiger partial charge is 0.353 e. The number of nitrogens with zero attached hydrogens (tertiary/aromatic N) is 3. The van der Waals surface area contributed by atoms with E-state index in [-0.39, 0.29) is 0 Å². The van der Waals surface area contributed by atoms with Crippen LogP contribution in [0.15, 0.2) is 12.5 Å². The molecule has 0 amide bonds. The predicted octanol–water partition coefficient (Wildman–Crippen LogP) is 2.34. The van der Waals surface area contributed by atoms with Crippen LogP contribution in [0.1, 0.15) is 26.7 Å². The fraction of sp³-hybridized carbons (Fsp3) is 0.692. The molecule has 2 heterocycles. The highest BCUT2D eigenvalue weighted by Gasteiger charge is 2.21. The van der Waals surface area contributed by atoms with Crippen molar-refractivity contribution < 1.29 is 0 Å². The van der Waals surface area contributed by atoms with E-state index < -0.39 is 0 Å². The minimum absolute atomic E-state index is 0.388. The first kappa shape index (κ1) is 13.6. The zero-order valence-corrected chi connectivity index (χ0v) is 11.8. The van der Waals surface area contributed by atoms with Crippen LogP contribution in [0.3, 0.4) is 0 Å². The molecule has 1 unspecified atom stereocenters. The van der Waals surface area contributed by atoms with Crippen molar-refractivity contribution in [1.29, 1.82) is 0 Å². The van der Waals surface area contributed by atoms with Crippen LogP contribution >= 0.6 is 11.6 Å². The number of aromatic nitrogens is 2. The fourth-order valence-corrected chi connectivity index (χ4v) is 2.63. The summed E-state index contributed by atoms with van der Waals surface area (Å²) in [6, 6.07) is 0.388. The molecule has 1 saturated heterocycles. The smallest absolute Gasteiger partial charge is 0.151 e. The summed E-state index contributed by atoms with van der Waals surface area (Å²) in [7, 11) is 0. The Balaban J connectivity index is 2.10. The summed E-state index contributed by atoms with van der Waals surface area (Å²) < 4.78 is 0. The first-order valence-electron chi connectivity index (χ1n) is 6.61. The van der Waals surface area contributed by atoms with Gasteiger partial charge in [-0.1, -0.05) is 11.6 Å². The molecule has 0 aromatic carbocycles. The Bertz CT molecular complexity index is 377. The van der Waals surface area contributed by atoms with E-state index in [9.17, 15) is 0 Å². The van der Waals surface area contributed by atoms with Crippen molar-refractivity contribution in [2.45, 2.75) is 32.7 Å². The van der Waals surface area contributed by atoms with Gasteiger partial charge < -0.3 is 10.2 Å². The molecular weight excluding hydrogens is 248 g/mol. The van der Waals surface area contributed by atoms with Crippen molar-refractivity contribution in [2.75, 3.05) is 24.5 Å². The van der Waals surface area contributed by atoms with E-state index in [1.165, 1.54) is 12.8 Å². The first-order chi connectivity index (χ1) is 8.68. The van der Waals surface area contributed by atoms with Crippen molar-refractivity contribution >= 4 is 17.4 Å². The monoisotopic (exact) mass is 268 g/mol. The summed E-state index contributed by atoms with van der Waals surface area (Å²) in [6.07, 6.45) is 5.77. The summed E-state index contributed by atoms with van der Waals surface area (Å²) in [6.45, 7) is 7.59.